The van der Waals surface area contributed by atoms with E-state index in [-0.39, 0.29) is 5.91 Å². The first-order valence-electron chi connectivity index (χ1n) is 7.55. The quantitative estimate of drug-likeness (QED) is 0.896. The summed E-state index contributed by atoms with van der Waals surface area (Å²) >= 11 is 0. The van der Waals surface area contributed by atoms with Crippen molar-refractivity contribution in [2.45, 2.75) is 31.8 Å². The Hall–Kier alpha value is -1.55. The maximum absolute atomic E-state index is 12.3. The molecule has 1 saturated heterocycles. The van der Waals surface area contributed by atoms with Crippen LogP contribution in [0.4, 0.5) is 5.69 Å². The summed E-state index contributed by atoms with van der Waals surface area (Å²) in [6.45, 7) is 3.07. The minimum atomic E-state index is -0.405. The zero-order chi connectivity index (χ0) is 13.9. The van der Waals surface area contributed by atoms with Gasteiger partial charge in [-0.15, -0.1) is 0 Å². The van der Waals surface area contributed by atoms with E-state index in [0.29, 0.717) is 6.54 Å². The van der Waals surface area contributed by atoms with E-state index >= 15 is 0 Å². The van der Waals surface area contributed by atoms with Crippen molar-refractivity contribution in [1.82, 2.24) is 4.90 Å². The van der Waals surface area contributed by atoms with Crippen LogP contribution < -0.4 is 4.90 Å². The number of carbonyl (C=O) groups is 1. The van der Waals surface area contributed by atoms with E-state index in [1.54, 1.807) is 0 Å². The summed E-state index contributed by atoms with van der Waals surface area (Å²) in [5.41, 5.74) is 1.98. The van der Waals surface area contributed by atoms with Gasteiger partial charge in [0.25, 0.3) is 0 Å². The topological polar surface area (TPSA) is 43.8 Å². The van der Waals surface area contributed by atoms with Crippen molar-refractivity contribution in [2.24, 2.45) is 0 Å². The molecular formula is C16H22N2O2. The van der Waals surface area contributed by atoms with Crippen LogP contribution in [0, 0.1) is 0 Å². The number of para-hydroxylation sites is 1. The van der Waals surface area contributed by atoms with Gasteiger partial charge in [-0.2, -0.15) is 0 Å². The van der Waals surface area contributed by atoms with Gasteiger partial charge < -0.3 is 14.9 Å². The van der Waals surface area contributed by atoms with Crippen LogP contribution in [0.2, 0.25) is 0 Å². The molecule has 2 aliphatic heterocycles. The van der Waals surface area contributed by atoms with E-state index in [1.807, 2.05) is 29.2 Å². The lowest BCUT2D eigenvalue weighted by molar-refractivity contribution is -0.128. The van der Waals surface area contributed by atoms with Crippen LogP contribution in [0.5, 0.6) is 0 Å². The number of anilines is 1. The Kier molecular flexibility index (Phi) is 3.92. The van der Waals surface area contributed by atoms with Crippen molar-refractivity contribution < 1.29 is 9.90 Å². The molecule has 3 rings (SSSR count). The third-order valence-electron chi connectivity index (χ3n) is 4.33. The van der Waals surface area contributed by atoms with Crippen LogP contribution in [0.15, 0.2) is 24.3 Å². The maximum atomic E-state index is 12.3. The van der Waals surface area contributed by atoms with Crippen LogP contribution in [0.25, 0.3) is 0 Å². The van der Waals surface area contributed by atoms with Crippen LogP contribution in [0.1, 0.15) is 37.4 Å². The average Bonchev–Trinajstić information content (AvgIpc) is 2.95. The van der Waals surface area contributed by atoms with Gasteiger partial charge >= 0.3 is 0 Å². The molecule has 4 nitrogen and oxygen atoms in total. The van der Waals surface area contributed by atoms with Crippen LogP contribution in [-0.4, -0.2) is 42.1 Å². The average molecular weight is 274 g/mol. The highest BCUT2D eigenvalue weighted by Gasteiger charge is 2.25. The third kappa shape index (κ3) is 2.66. The van der Waals surface area contributed by atoms with Crippen molar-refractivity contribution in [3.63, 3.8) is 0 Å². The summed E-state index contributed by atoms with van der Waals surface area (Å²) in [6, 6.07) is 7.91. The van der Waals surface area contributed by atoms with E-state index in [9.17, 15) is 9.90 Å². The second-order valence-electron chi connectivity index (χ2n) is 5.73. The molecule has 1 unspecified atom stereocenters. The Morgan fingerprint density at radius 3 is 2.70 bits per heavy atom. The molecule has 0 radical (unpaired) electrons. The molecule has 2 heterocycles. The van der Waals surface area contributed by atoms with E-state index in [0.717, 1.165) is 56.6 Å². The number of fused-ring (bicyclic) bond motifs is 1. The number of aliphatic hydroxyl groups is 1. The molecule has 1 fully saturated rings. The summed E-state index contributed by atoms with van der Waals surface area (Å²) in [7, 11) is 0. The highest BCUT2D eigenvalue weighted by atomic mass is 16.3. The first-order valence-corrected chi connectivity index (χ1v) is 7.55. The second kappa shape index (κ2) is 5.83. The van der Waals surface area contributed by atoms with Crippen LogP contribution in [0.3, 0.4) is 0 Å². The van der Waals surface area contributed by atoms with Gasteiger partial charge in [-0.05, 0) is 31.7 Å². The van der Waals surface area contributed by atoms with Crippen molar-refractivity contribution in [3.05, 3.63) is 29.8 Å². The van der Waals surface area contributed by atoms with Gasteiger partial charge in [0.05, 0.1) is 12.6 Å². The van der Waals surface area contributed by atoms with E-state index in [4.69, 9.17) is 0 Å². The zero-order valence-electron chi connectivity index (χ0n) is 11.8. The van der Waals surface area contributed by atoms with E-state index in [1.165, 1.54) is 0 Å². The molecule has 1 aromatic carbocycles. The number of amides is 1. The van der Waals surface area contributed by atoms with Gasteiger partial charge in [-0.3, -0.25) is 4.79 Å². The minimum Gasteiger partial charge on any atom is -0.388 e. The summed E-state index contributed by atoms with van der Waals surface area (Å²) in [6.07, 6.45) is 3.54. The number of carbonyl (C=O) groups excluding carboxylic acids is 1. The van der Waals surface area contributed by atoms with Crippen molar-refractivity contribution in [1.29, 1.82) is 0 Å². The number of hydrogen-bond acceptors (Lipinski definition) is 3. The van der Waals surface area contributed by atoms with Gasteiger partial charge in [0.2, 0.25) is 5.91 Å². The predicted octanol–water partition coefficient (Wildman–Crippen LogP) is 1.94. The van der Waals surface area contributed by atoms with Crippen molar-refractivity contribution in [2.75, 3.05) is 31.1 Å². The summed E-state index contributed by atoms with van der Waals surface area (Å²) in [4.78, 5) is 16.4. The molecule has 108 valence electrons. The SMILES string of the molecule is O=C(CN1CCCC(O)c2ccccc21)N1CCCC1. The largest absolute Gasteiger partial charge is 0.388 e. The molecule has 2 aliphatic rings. The number of aliphatic hydroxyl groups excluding tert-OH is 1. The number of likely N-dealkylation sites (tertiary alicyclic amines) is 1. The Balaban J connectivity index is 1.78. The molecule has 4 heteroatoms. The Morgan fingerprint density at radius 1 is 1.15 bits per heavy atom. The fraction of sp³-hybridized carbons (Fsp3) is 0.562. The van der Waals surface area contributed by atoms with Crippen LogP contribution >= 0.6 is 0 Å². The molecule has 0 aliphatic carbocycles. The first kappa shape index (κ1) is 13.4. The van der Waals surface area contributed by atoms with E-state index < -0.39 is 6.10 Å². The Bertz CT molecular complexity index is 483. The smallest absolute Gasteiger partial charge is 0.242 e. The van der Waals surface area contributed by atoms with E-state index in [2.05, 4.69) is 4.90 Å². The standard InChI is InChI=1S/C16H22N2O2/c19-15-8-5-11-18(14-7-2-1-6-13(14)15)12-16(20)17-9-3-4-10-17/h1-2,6-7,15,19H,3-5,8-12H2. The molecule has 0 aromatic heterocycles. The monoisotopic (exact) mass is 274 g/mol. The lowest BCUT2D eigenvalue weighted by atomic mass is 10.0. The number of nitrogens with zero attached hydrogens (tertiary/aromatic N) is 2. The predicted molar refractivity (Wildman–Crippen MR) is 78.7 cm³/mol. The molecule has 1 amide bonds. The fourth-order valence-electron chi connectivity index (χ4n) is 3.20. The molecule has 1 aromatic rings. The first-order chi connectivity index (χ1) is 9.75. The summed E-state index contributed by atoms with van der Waals surface area (Å²) < 4.78 is 0. The molecule has 1 atom stereocenters. The Morgan fingerprint density at radius 2 is 1.90 bits per heavy atom. The lowest BCUT2D eigenvalue weighted by Gasteiger charge is -2.27. The Labute approximate surface area is 120 Å². The van der Waals surface area contributed by atoms with Crippen LogP contribution in [-0.2, 0) is 4.79 Å². The van der Waals surface area contributed by atoms with Gasteiger partial charge in [0.15, 0.2) is 0 Å². The molecule has 0 saturated carbocycles. The van der Waals surface area contributed by atoms with Gasteiger partial charge in [0, 0.05) is 30.9 Å². The highest BCUT2D eigenvalue weighted by molar-refractivity contribution is 5.82. The molecule has 0 spiro atoms. The number of hydrogen-bond donors (Lipinski definition) is 1. The molecular weight excluding hydrogens is 252 g/mol. The third-order valence-corrected chi connectivity index (χ3v) is 4.33. The fourth-order valence-corrected chi connectivity index (χ4v) is 3.20. The van der Waals surface area contributed by atoms with Gasteiger partial charge in [0.1, 0.15) is 0 Å². The van der Waals surface area contributed by atoms with Gasteiger partial charge in [-0.25, -0.2) is 0 Å². The zero-order valence-corrected chi connectivity index (χ0v) is 11.8. The normalized spacial score (nSPS) is 22.6. The highest BCUT2D eigenvalue weighted by Crippen LogP contribution is 2.32. The minimum absolute atomic E-state index is 0.216. The summed E-state index contributed by atoms with van der Waals surface area (Å²) in [5.74, 6) is 0.216. The van der Waals surface area contributed by atoms with Crippen molar-refractivity contribution >= 4 is 11.6 Å². The second-order valence-corrected chi connectivity index (χ2v) is 5.73. The number of rotatable bonds is 2. The molecule has 0 bridgehead atoms. The van der Waals surface area contributed by atoms with Crippen molar-refractivity contribution in [3.8, 4) is 0 Å². The molecule has 1 N–H and O–H groups in total. The lowest BCUT2D eigenvalue weighted by Crippen LogP contribution is -2.39. The summed E-state index contributed by atoms with van der Waals surface area (Å²) in [5, 5.41) is 10.2. The van der Waals surface area contributed by atoms with Gasteiger partial charge in [-0.1, -0.05) is 18.2 Å². The number of benzene rings is 1. The molecule has 20 heavy (non-hydrogen) atoms. The maximum Gasteiger partial charge on any atom is 0.242 e.